The molecule has 0 radical (unpaired) electrons. The second-order valence-corrected chi connectivity index (χ2v) is 5.71. The van der Waals surface area contributed by atoms with E-state index in [2.05, 4.69) is 11.2 Å². The highest BCUT2D eigenvalue weighted by Crippen LogP contribution is 2.33. The van der Waals surface area contributed by atoms with Crippen LogP contribution in [0.4, 0.5) is 5.69 Å². The van der Waals surface area contributed by atoms with Crippen molar-refractivity contribution in [2.45, 2.75) is 18.9 Å². The van der Waals surface area contributed by atoms with Gasteiger partial charge in [0, 0.05) is 13.5 Å². The van der Waals surface area contributed by atoms with Crippen molar-refractivity contribution in [2.24, 2.45) is 0 Å². The van der Waals surface area contributed by atoms with Crippen molar-refractivity contribution in [3.05, 3.63) is 29.3 Å². The van der Waals surface area contributed by atoms with Crippen LogP contribution in [0.5, 0.6) is 0 Å². The van der Waals surface area contributed by atoms with Gasteiger partial charge < -0.3 is 4.90 Å². The highest BCUT2D eigenvalue weighted by atomic mass is 16.2. The fourth-order valence-corrected chi connectivity index (χ4v) is 3.04. The van der Waals surface area contributed by atoms with Crippen LogP contribution < -0.4 is 10.2 Å². The zero-order valence-electron chi connectivity index (χ0n) is 13.0. The Labute approximate surface area is 138 Å². The number of carbonyl (C=O) groups is 4. The van der Waals surface area contributed by atoms with Crippen LogP contribution >= 0.6 is 0 Å². The molecule has 2 aliphatic heterocycles. The van der Waals surface area contributed by atoms with Crippen molar-refractivity contribution in [3.8, 4) is 12.3 Å². The predicted molar refractivity (Wildman–Crippen MR) is 85.2 cm³/mol. The fraction of sp³-hybridized carbons (Fsp3) is 0.294. The number of nitrogens with zero attached hydrogens (tertiary/aromatic N) is 2. The topological polar surface area (TPSA) is 86.8 Å². The number of piperidine rings is 1. The van der Waals surface area contributed by atoms with Crippen LogP contribution in [-0.4, -0.2) is 48.2 Å². The summed E-state index contributed by atoms with van der Waals surface area (Å²) < 4.78 is 0. The summed E-state index contributed by atoms with van der Waals surface area (Å²) in [6.45, 7) is 0.274. The number of terminal acetylenes is 1. The molecular formula is C17H15N3O4. The van der Waals surface area contributed by atoms with Gasteiger partial charge in [-0.3, -0.25) is 29.4 Å². The van der Waals surface area contributed by atoms with E-state index < -0.39 is 29.7 Å². The van der Waals surface area contributed by atoms with Gasteiger partial charge in [-0.2, -0.15) is 0 Å². The Hall–Kier alpha value is -3.14. The van der Waals surface area contributed by atoms with E-state index >= 15 is 0 Å². The standard InChI is InChI=1S/C17H15N3O4/c1-3-9-19(2)11-6-4-5-10-14(11)17(24)20(16(10)23)12-7-8-13(21)18-15(12)22/h1,4-6,12H,7-9H2,2H3,(H,18,21,22). The zero-order valence-corrected chi connectivity index (χ0v) is 13.0. The number of imide groups is 2. The lowest BCUT2D eigenvalue weighted by Gasteiger charge is -2.28. The Balaban J connectivity index is 2.00. The second kappa shape index (κ2) is 5.81. The first kappa shape index (κ1) is 15.7. The van der Waals surface area contributed by atoms with Crippen molar-refractivity contribution >= 4 is 29.3 Å². The van der Waals surface area contributed by atoms with Crippen molar-refractivity contribution in [2.75, 3.05) is 18.5 Å². The van der Waals surface area contributed by atoms with E-state index in [0.29, 0.717) is 5.69 Å². The van der Waals surface area contributed by atoms with Gasteiger partial charge in [0.05, 0.1) is 23.4 Å². The van der Waals surface area contributed by atoms with Gasteiger partial charge in [0.25, 0.3) is 11.8 Å². The Morgan fingerprint density at radius 2 is 2.04 bits per heavy atom. The molecule has 1 N–H and O–H groups in total. The number of nitrogens with one attached hydrogen (secondary N) is 1. The zero-order chi connectivity index (χ0) is 17.4. The van der Waals surface area contributed by atoms with E-state index in [1.54, 1.807) is 30.1 Å². The van der Waals surface area contributed by atoms with Crippen LogP contribution in [0.1, 0.15) is 33.6 Å². The molecule has 3 rings (SSSR count). The van der Waals surface area contributed by atoms with Gasteiger partial charge in [-0.05, 0) is 18.6 Å². The SMILES string of the molecule is C#CCN(C)c1cccc2c1C(=O)N(C1CCC(=O)NC1=O)C2=O. The molecule has 7 heteroatoms. The van der Waals surface area contributed by atoms with Gasteiger partial charge in [0.2, 0.25) is 11.8 Å². The third-order valence-corrected chi connectivity index (χ3v) is 4.19. The van der Waals surface area contributed by atoms with Crippen LogP contribution in [0.2, 0.25) is 0 Å². The van der Waals surface area contributed by atoms with Crippen LogP contribution in [0, 0.1) is 12.3 Å². The first-order valence-corrected chi connectivity index (χ1v) is 7.45. The number of fused-ring (bicyclic) bond motifs is 1. The van der Waals surface area contributed by atoms with Crippen molar-refractivity contribution in [1.29, 1.82) is 0 Å². The van der Waals surface area contributed by atoms with Crippen LogP contribution in [0.15, 0.2) is 18.2 Å². The summed E-state index contributed by atoms with van der Waals surface area (Å²) >= 11 is 0. The minimum absolute atomic E-state index is 0.0909. The van der Waals surface area contributed by atoms with E-state index in [-0.39, 0.29) is 30.5 Å². The lowest BCUT2D eigenvalue weighted by atomic mass is 10.0. The Kier molecular flexibility index (Phi) is 3.81. The summed E-state index contributed by atoms with van der Waals surface area (Å²) in [6, 6.07) is 3.95. The van der Waals surface area contributed by atoms with Gasteiger partial charge >= 0.3 is 0 Å². The third kappa shape index (κ3) is 2.33. The van der Waals surface area contributed by atoms with Gasteiger partial charge in [-0.15, -0.1) is 6.42 Å². The summed E-state index contributed by atoms with van der Waals surface area (Å²) in [5, 5.41) is 2.17. The Bertz CT molecular complexity index is 809. The largest absolute Gasteiger partial charge is 0.363 e. The van der Waals surface area contributed by atoms with Crippen LogP contribution in [0.25, 0.3) is 0 Å². The molecule has 1 unspecified atom stereocenters. The monoisotopic (exact) mass is 325 g/mol. The van der Waals surface area contributed by atoms with Crippen molar-refractivity contribution in [3.63, 3.8) is 0 Å². The Morgan fingerprint density at radius 3 is 2.71 bits per heavy atom. The van der Waals surface area contributed by atoms with E-state index in [9.17, 15) is 19.2 Å². The molecule has 2 aliphatic rings. The first-order valence-electron chi connectivity index (χ1n) is 7.45. The summed E-state index contributed by atoms with van der Waals surface area (Å²) in [5.41, 5.74) is 1.02. The number of hydrogen-bond acceptors (Lipinski definition) is 5. The minimum Gasteiger partial charge on any atom is -0.363 e. The molecule has 24 heavy (non-hydrogen) atoms. The maximum Gasteiger partial charge on any atom is 0.264 e. The molecule has 1 aromatic rings. The van der Waals surface area contributed by atoms with E-state index in [0.717, 1.165) is 4.90 Å². The van der Waals surface area contributed by atoms with E-state index in [1.807, 2.05) is 0 Å². The molecule has 1 saturated heterocycles. The third-order valence-electron chi connectivity index (χ3n) is 4.19. The molecule has 0 spiro atoms. The first-order chi connectivity index (χ1) is 11.5. The number of rotatable bonds is 3. The molecular weight excluding hydrogens is 310 g/mol. The molecule has 0 aromatic heterocycles. The van der Waals surface area contributed by atoms with Gasteiger partial charge in [-0.1, -0.05) is 12.0 Å². The Morgan fingerprint density at radius 1 is 1.29 bits per heavy atom. The summed E-state index contributed by atoms with van der Waals surface area (Å²) in [5.74, 6) is 0.393. The van der Waals surface area contributed by atoms with E-state index in [1.165, 1.54) is 0 Å². The molecule has 122 valence electrons. The lowest BCUT2D eigenvalue weighted by molar-refractivity contribution is -0.136. The number of carbonyl (C=O) groups excluding carboxylic acids is 4. The number of benzene rings is 1. The molecule has 1 atom stereocenters. The number of hydrogen-bond donors (Lipinski definition) is 1. The fourth-order valence-electron chi connectivity index (χ4n) is 3.04. The van der Waals surface area contributed by atoms with Crippen molar-refractivity contribution in [1.82, 2.24) is 10.2 Å². The molecule has 1 aromatic carbocycles. The minimum atomic E-state index is -0.971. The summed E-state index contributed by atoms with van der Waals surface area (Å²) in [4.78, 5) is 51.4. The molecule has 1 fully saturated rings. The predicted octanol–water partition coefficient (Wildman–Crippen LogP) is 0.157. The molecule has 0 bridgehead atoms. The molecule has 2 heterocycles. The molecule has 4 amide bonds. The smallest absolute Gasteiger partial charge is 0.264 e. The summed E-state index contributed by atoms with van der Waals surface area (Å²) in [6.07, 6.45) is 5.53. The number of anilines is 1. The normalized spacial score (nSPS) is 19.8. The maximum absolute atomic E-state index is 12.8. The van der Waals surface area contributed by atoms with Gasteiger partial charge in [-0.25, -0.2) is 0 Å². The highest BCUT2D eigenvalue weighted by Gasteiger charge is 2.45. The van der Waals surface area contributed by atoms with Crippen LogP contribution in [0.3, 0.4) is 0 Å². The number of amides is 4. The highest BCUT2D eigenvalue weighted by molar-refractivity contribution is 6.25. The average Bonchev–Trinajstić information content (AvgIpc) is 2.80. The van der Waals surface area contributed by atoms with Crippen molar-refractivity contribution < 1.29 is 19.2 Å². The summed E-state index contributed by atoms with van der Waals surface area (Å²) in [7, 11) is 1.72. The molecule has 0 saturated carbocycles. The molecule has 0 aliphatic carbocycles. The quantitative estimate of drug-likeness (QED) is 0.632. The average molecular weight is 325 g/mol. The maximum atomic E-state index is 12.8. The van der Waals surface area contributed by atoms with Gasteiger partial charge in [0.15, 0.2) is 0 Å². The lowest BCUT2D eigenvalue weighted by Crippen LogP contribution is -2.54. The molecule has 7 nitrogen and oxygen atoms in total. The van der Waals surface area contributed by atoms with Gasteiger partial charge in [0.1, 0.15) is 6.04 Å². The van der Waals surface area contributed by atoms with Crippen LogP contribution in [-0.2, 0) is 9.59 Å². The van der Waals surface area contributed by atoms with E-state index in [4.69, 9.17) is 6.42 Å². The second-order valence-electron chi connectivity index (χ2n) is 5.71.